The predicted octanol–water partition coefficient (Wildman–Crippen LogP) is 2.00. The van der Waals surface area contributed by atoms with Gasteiger partial charge >= 0.3 is 0 Å². The van der Waals surface area contributed by atoms with Crippen molar-refractivity contribution in [2.24, 2.45) is 7.05 Å². The Hall–Kier alpha value is -1.03. The highest BCUT2D eigenvalue weighted by atomic mass is 32.1. The van der Waals surface area contributed by atoms with Gasteiger partial charge in [0.1, 0.15) is 5.82 Å². The lowest BCUT2D eigenvalue weighted by Gasteiger charge is -1.94. The number of nitrogens with zero attached hydrogens (tertiary/aromatic N) is 2. The molecular formula is C8H7FN2S. The Morgan fingerprint density at radius 1 is 1.50 bits per heavy atom. The Balaban J connectivity index is 2.87. The second kappa shape index (κ2) is 2.48. The van der Waals surface area contributed by atoms with Gasteiger partial charge in [-0.1, -0.05) is 0 Å². The maximum atomic E-state index is 12.7. The first-order valence-electron chi connectivity index (χ1n) is 3.49. The molecule has 0 atom stereocenters. The molecule has 62 valence electrons. The summed E-state index contributed by atoms with van der Waals surface area (Å²) in [4.78, 5) is 4.06. The highest BCUT2D eigenvalue weighted by Gasteiger charge is 2.04. The highest BCUT2D eigenvalue weighted by Crippen LogP contribution is 2.17. The smallest absolute Gasteiger partial charge is 0.165 e. The van der Waals surface area contributed by atoms with Crippen molar-refractivity contribution < 1.29 is 4.39 Å². The Morgan fingerprint density at radius 2 is 2.25 bits per heavy atom. The minimum Gasteiger partial charge on any atom is -0.322 e. The summed E-state index contributed by atoms with van der Waals surface area (Å²) in [6.07, 6.45) is 0. The second-order valence-corrected chi connectivity index (χ2v) is 3.00. The van der Waals surface area contributed by atoms with Crippen LogP contribution in [0.1, 0.15) is 0 Å². The number of aryl methyl sites for hydroxylation is 1. The predicted molar refractivity (Wildman–Crippen MR) is 47.9 cm³/mol. The van der Waals surface area contributed by atoms with E-state index in [1.165, 1.54) is 12.1 Å². The molecule has 0 aliphatic heterocycles. The quantitative estimate of drug-likeness (QED) is 0.617. The molecule has 0 aliphatic rings. The van der Waals surface area contributed by atoms with Crippen LogP contribution in [-0.4, -0.2) is 9.55 Å². The van der Waals surface area contributed by atoms with Crippen LogP contribution >= 0.6 is 12.6 Å². The first-order chi connectivity index (χ1) is 5.68. The highest BCUT2D eigenvalue weighted by molar-refractivity contribution is 7.80. The topological polar surface area (TPSA) is 17.8 Å². The first kappa shape index (κ1) is 7.61. The second-order valence-electron chi connectivity index (χ2n) is 2.60. The van der Waals surface area contributed by atoms with Crippen molar-refractivity contribution >= 4 is 23.7 Å². The van der Waals surface area contributed by atoms with Crippen molar-refractivity contribution in [1.29, 1.82) is 0 Å². The molecule has 4 heteroatoms. The Kier molecular flexibility index (Phi) is 1.58. The number of imidazole rings is 1. The van der Waals surface area contributed by atoms with Gasteiger partial charge in [-0.15, -0.1) is 12.6 Å². The number of aromatic nitrogens is 2. The number of rotatable bonds is 0. The van der Waals surface area contributed by atoms with Crippen molar-refractivity contribution in [1.82, 2.24) is 9.55 Å². The van der Waals surface area contributed by atoms with Crippen LogP contribution in [-0.2, 0) is 7.05 Å². The van der Waals surface area contributed by atoms with E-state index in [2.05, 4.69) is 17.6 Å². The molecule has 2 nitrogen and oxygen atoms in total. The fourth-order valence-electron chi connectivity index (χ4n) is 1.16. The summed E-state index contributed by atoms with van der Waals surface area (Å²) in [6, 6.07) is 4.50. The summed E-state index contributed by atoms with van der Waals surface area (Å²) in [5.74, 6) is -0.270. The first-order valence-corrected chi connectivity index (χ1v) is 3.94. The molecule has 1 aromatic heterocycles. The zero-order valence-electron chi connectivity index (χ0n) is 6.45. The van der Waals surface area contributed by atoms with Crippen LogP contribution in [0.15, 0.2) is 23.4 Å². The van der Waals surface area contributed by atoms with E-state index in [9.17, 15) is 4.39 Å². The average molecular weight is 182 g/mol. The molecule has 1 heterocycles. The summed E-state index contributed by atoms with van der Waals surface area (Å²) in [6.45, 7) is 0. The van der Waals surface area contributed by atoms with Gasteiger partial charge in [-0.05, 0) is 12.1 Å². The molecule has 0 fully saturated rings. The van der Waals surface area contributed by atoms with Crippen LogP contribution in [0, 0.1) is 5.82 Å². The number of fused-ring (bicyclic) bond motifs is 1. The standard InChI is InChI=1S/C8H7FN2S/c1-11-7-3-2-5(9)4-6(7)10-8(11)12/h2-4H,1H3,(H,10,12). The Morgan fingerprint density at radius 3 is 3.00 bits per heavy atom. The number of hydrogen-bond acceptors (Lipinski definition) is 2. The van der Waals surface area contributed by atoms with Gasteiger partial charge in [0.05, 0.1) is 11.0 Å². The van der Waals surface area contributed by atoms with E-state index in [1.54, 1.807) is 10.6 Å². The summed E-state index contributed by atoms with van der Waals surface area (Å²) < 4.78 is 14.5. The Labute approximate surface area is 74.4 Å². The molecule has 0 spiro atoms. The van der Waals surface area contributed by atoms with E-state index in [-0.39, 0.29) is 5.82 Å². The van der Waals surface area contributed by atoms with Gasteiger partial charge in [0.15, 0.2) is 5.16 Å². The van der Waals surface area contributed by atoms with Crippen LogP contribution in [0.2, 0.25) is 0 Å². The number of benzene rings is 1. The van der Waals surface area contributed by atoms with Crippen LogP contribution < -0.4 is 0 Å². The molecule has 0 amide bonds. The lowest BCUT2D eigenvalue weighted by Crippen LogP contribution is -1.86. The SMILES string of the molecule is Cn1c(S)nc2cc(F)ccc21. The van der Waals surface area contributed by atoms with Crippen molar-refractivity contribution in [3.05, 3.63) is 24.0 Å². The van der Waals surface area contributed by atoms with Gasteiger partial charge in [-0.2, -0.15) is 0 Å². The molecule has 2 rings (SSSR count). The summed E-state index contributed by atoms with van der Waals surface area (Å²) >= 11 is 4.12. The Bertz CT molecular complexity index is 436. The van der Waals surface area contributed by atoms with E-state index >= 15 is 0 Å². The number of hydrogen-bond donors (Lipinski definition) is 1. The van der Waals surface area contributed by atoms with Crippen LogP contribution in [0.3, 0.4) is 0 Å². The maximum absolute atomic E-state index is 12.7. The van der Waals surface area contributed by atoms with Gasteiger partial charge in [0.2, 0.25) is 0 Å². The zero-order chi connectivity index (χ0) is 8.72. The lowest BCUT2D eigenvalue weighted by molar-refractivity contribution is 0.629. The van der Waals surface area contributed by atoms with E-state index in [4.69, 9.17) is 0 Å². The minimum atomic E-state index is -0.270. The van der Waals surface area contributed by atoms with E-state index < -0.39 is 0 Å². The fraction of sp³-hybridized carbons (Fsp3) is 0.125. The fourth-order valence-corrected chi connectivity index (χ4v) is 1.38. The van der Waals surface area contributed by atoms with Gasteiger partial charge in [0.25, 0.3) is 0 Å². The van der Waals surface area contributed by atoms with Gasteiger partial charge in [0, 0.05) is 13.1 Å². The minimum absolute atomic E-state index is 0.270. The van der Waals surface area contributed by atoms with Gasteiger partial charge in [-0.25, -0.2) is 9.37 Å². The van der Waals surface area contributed by atoms with Crippen molar-refractivity contribution in [3.63, 3.8) is 0 Å². The van der Waals surface area contributed by atoms with E-state index in [1.807, 2.05) is 7.05 Å². The van der Waals surface area contributed by atoms with Crippen molar-refractivity contribution in [2.75, 3.05) is 0 Å². The molecule has 0 N–H and O–H groups in total. The largest absolute Gasteiger partial charge is 0.322 e. The number of halogens is 1. The molecule has 2 aromatic rings. The maximum Gasteiger partial charge on any atom is 0.165 e. The van der Waals surface area contributed by atoms with Crippen LogP contribution in [0.4, 0.5) is 4.39 Å². The normalized spacial score (nSPS) is 10.9. The third kappa shape index (κ3) is 0.992. The molecule has 0 saturated heterocycles. The zero-order valence-corrected chi connectivity index (χ0v) is 7.35. The molecule has 12 heavy (non-hydrogen) atoms. The number of thiol groups is 1. The van der Waals surface area contributed by atoms with Crippen molar-refractivity contribution in [2.45, 2.75) is 5.16 Å². The van der Waals surface area contributed by atoms with Crippen LogP contribution in [0.25, 0.3) is 11.0 Å². The molecule has 0 unspecified atom stereocenters. The summed E-state index contributed by atoms with van der Waals surface area (Å²) in [7, 11) is 1.84. The molecular weight excluding hydrogens is 175 g/mol. The summed E-state index contributed by atoms with van der Waals surface area (Å²) in [5.41, 5.74) is 1.53. The van der Waals surface area contributed by atoms with E-state index in [0.29, 0.717) is 10.7 Å². The molecule has 1 aromatic carbocycles. The molecule has 0 bridgehead atoms. The molecule has 0 aliphatic carbocycles. The molecule has 0 radical (unpaired) electrons. The monoisotopic (exact) mass is 182 g/mol. The van der Waals surface area contributed by atoms with E-state index in [0.717, 1.165) is 5.52 Å². The molecule has 0 saturated carbocycles. The summed E-state index contributed by atoms with van der Waals surface area (Å²) in [5, 5.41) is 0.593. The third-order valence-corrected chi connectivity index (χ3v) is 2.22. The van der Waals surface area contributed by atoms with Crippen LogP contribution in [0.5, 0.6) is 0 Å². The van der Waals surface area contributed by atoms with Gasteiger partial charge in [-0.3, -0.25) is 0 Å². The average Bonchev–Trinajstić information content (AvgIpc) is 2.28. The van der Waals surface area contributed by atoms with Crippen molar-refractivity contribution in [3.8, 4) is 0 Å². The lowest BCUT2D eigenvalue weighted by atomic mass is 10.3. The third-order valence-electron chi connectivity index (χ3n) is 1.82. The van der Waals surface area contributed by atoms with Gasteiger partial charge < -0.3 is 4.57 Å².